The highest BCUT2D eigenvalue weighted by Crippen LogP contribution is 2.37. The Labute approximate surface area is 225 Å². The van der Waals surface area contributed by atoms with Gasteiger partial charge in [-0.2, -0.15) is 0 Å². The molecule has 206 valence electrons. The smallest absolute Gasteiger partial charge is 0.311 e. The minimum absolute atomic E-state index is 0.140. The van der Waals surface area contributed by atoms with Gasteiger partial charge in [-0.3, -0.25) is 9.59 Å². The van der Waals surface area contributed by atoms with Crippen molar-refractivity contribution in [3.63, 3.8) is 0 Å². The summed E-state index contributed by atoms with van der Waals surface area (Å²) < 4.78 is 29.7. The maximum absolute atomic E-state index is 13.9. The number of benzene rings is 2. The maximum atomic E-state index is 13.9. The molecular weight excluding hydrogens is 484 g/mol. The zero-order valence-electron chi connectivity index (χ0n) is 23.1. The van der Waals surface area contributed by atoms with E-state index in [1.54, 1.807) is 36.4 Å². The van der Waals surface area contributed by atoms with E-state index in [1.807, 2.05) is 6.92 Å². The average molecular weight is 525 g/mol. The van der Waals surface area contributed by atoms with Gasteiger partial charge in [-0.15, -0.1) is 0 Å². The van der Waals surface area contributed by atoms with Gasteiger partial charge in [-0.05, 0) is 49.9 Å². The average Bonchev–Trinajstić information content (AvgIpc) is 2.90. The number of carbonyl (C=O) groups excluding carboxylic acids is 1. The van der Waals surface area contributed by atoms with Gasteiger partial charge in [0.15, 0.2) is 5.76 Å². The van der Waals surface area contributed by atoms with Crippen molar-refractivity contribution in [3.05, 3.63) is 46.6 Å². The minimum atomic E-state index is -0.289. The molecule has 38 heavy (non-hydrogen) atoms. The lowest BCUT2D eigenvalue weighted by Gasteiger charge is -2.15. The van der Waals surface area contributed by atoms with Gasteiger partial charge in [0, 0.05) is 24.1 Å². The van der Waals surface area contributed by atoms with Gasteiger partial charge in [0.1, 0.15) is 28.2 Å². The van der Waals surface area contributed by atoms with Crippen molar-refractivity contribution in [2.45, 2.75) is 79.1 Å². The normalized spacial score (nSPS) is 10.9. The second-order valence-electron chi connectivity index (χ2n) is 9.24. The van der Waals surface area contributed by atoms with E-state index in [1.165, 1.54) is 0 Å². The van der Waals surface area contributed by atoms with Gasteiger partial charge in [0.25, 0.3) is 0 Å². The molecule has 0 saturated heterocycles. The molecule has 1 aromatic heterocycles. The number of unbranched alkanes of at least 4 members (excludes halogenated alkanes) is 3. The van der Waals surface area contributed by atoms with Crippen LogP contribution < -0.4 is 24.4 Å². The summed E-state index contributed by atoms with van der Waals surface area (Å²) in [4.78, 5) is 25.7. The van der Waals surface area contributed by atoms with E-state index in [2.05, 4.69) is 20.8 Å². The van der Waals surface area contributed by atoms with Crippen molar-refractivity contribution in [1.82, 2.24) is 0 Å². The van der Waals surface area contributed by atoms with Crippen molar-refractivity contribution in [3.8, 4) is 34.3 Å². The summed E-state index contributed by atoms with van der Waals surface area (Å²) in [6.45, 7) is 9.60. The fourth-order valence-corrected chi connectivity index (χ4v) is 3.80. The summed E-state index contributed by atoms with van der Waals surface area (Å²) in [5.74, 6) is 1.62. The highest BCUT2D eigenvalue weighted by Gasteiger charge is 2.22. The number of esters is 1. The maximum Gasteiger partial charge on any atom is 0.311 e. The standard InChI is InChI=1S/C31H40O7/c1-5-9-17-34-24-20-25(35-18-10-6-2)28-26(21-24)38-30(31(29(28)33)36-19-11-7-3)22-13-15-23(16-14-22)37-27(32)12-8-4/h13-16,20-21H,5-12,17-19H2,1-4H3. The van der Waals surface area contributed by atoms with E-state index in [9.17, 15) is 9.59 Å². The van der Waals surface area contributed by atoms with Crippen LogP contribution in [0.3, 0.4) is 0 Å². The van der Waals surface area contributed by atoms with Crippen LogP contribution in [0.1, 0.15) is 79.1 Å². The first-order valence-electron chi connectivity index (χ1n) is 13.9. The Bertz CT molecular complexity index is 1230. The van der Waals surface area contributed by atoms with Crippen LogP contribution >= 0.6 is 0 Å². The minimum Gasteiger partial charge on any atom is -0.493 e. The van der Waals surface area contributed by atoms with Crippen molar-refractivity contribution in [2.24, 2.45) is 0 Å². The van der Waals surface area contributed by atoms with Gasteiger partial charge in [0.2, 0.25) is 11.2 Å². The number of hydrogen-bond acceptors (Lipinski definition) is 7. The first kappa shape index (κ1) is 29.1. The molecule has 2 aromatic carbocycles. The summed E-state index contributed by atoms with van der Waals surface area (Å²) in [6.07, 6.45) is 6.55. The number of carbonyl (C=O) groups is 1. The largest absolute Gasteiger partial charge is 0.493 e. The third kappa shape index (κ3) is 7.76. The van der Waals surface area contributed by atoms with E-state index in [-0.39, 0.29) is 17.1 Å². The zero-order chi connectivity index (χ0) is 27.3. The molecule has 0 aliphatic carbocycles. The van der Waals surface area contributed by atoms with E-state index in [0.717, 1.165) is 38.5 Å². The van der Waals surface area contributed by atoms with Crippen molar-refractivity contribution in [1.29, 1.82) is 0 Å². The van der Waals surface area contributed by atoms with Crippen LogP contribution in [0.15, 0.2) is 45.6 Å². The lowest BCUT2D eigenvalue weighted by Crippen LogP contribution is -2.13. The number of rotatable bonds is 16. The molecule has 7 nitrogen and oxygen atoms in total. The van der Waals surface area contributed by atoms with Crippen LogP contribution in [0.2, 0.25) is 0 Å². The molecule has 0 saturated carbocycles. The van der Waals surface area contributed by atoms with Gasteiger partial charge in [-0.25, -0.2) is 0 Å². The Morgan fingerprint density at radius 1 is 0.763 bits per heavy atom. The van der Waals surface area contributed by atoms with Crippen molar-refractivity contribution >= 4 is 16.9 Å². The summed E-state index contributed by atoms with van der Waals surface area (Å²) in [6, 6.07) is 10.4. The molecule has 0 amide bonds. The number of ether oxygens (including phenoxy) is 4. The fourth-order valence-electron chi connectivity index (χ4n) is 3.80. The molecule has 0 bridgehead atoms. The molecule has 0 atom stereocenters. The molecule has 3 rings (SSSR count). The molecule has 0 aliphatic rings. The number of hydrogen-bond donors (Lipinski definition) is 0. The highest BCUT2D eigenvalue weighted by molar-refractivity contribution is 5.88. The SMILES string of the molecule is CCCCOc1cc(OCCCC)c2c(=O)c(OCCCC)c(-c3ccc(OC(=O)CCC)cc3)oc2c1. The van der Waals surface area contributed by atoms with Crippen LogP contribution in [0, 0.1) is 0 Å². The molecule has 0 unspecified atom stereocenters. The lowest BCUT2D eigenvalue weighted by molar-refractivity contribution is -0.134. The van der Waals surface area contributed by atoms with Crippen LogP contribution in [0.25, 0.3) is 22.3 Å². The van der Waals surface area contributed by atoms with Crippen LogP contribution in [0.4, 0.5) is 0 Å². The lowest BCUT2D eigenvalue weighted by atomic mass is 10.1. The second kappa shape index (κ2) is 15.1. The Morgan fingerprint density at radius 3 is 2.03 bits per heavy atom. The molecule has 0 spiro atoms. The second-order valence-corrected chi connectivity index (χ2v) is 9.24. The van der Waals surface area contributed by atoms with Gasteiger partial charge in [-0.1, -0.05) is 47.0 Å². The van der Waals surface area contributed by atoms with Crippen LogP contribution in [-0.2, 0) is 4.79 Å². The summed E-state index contributed by atoms with van der Waals surface area (Å²) in [5, 5.41) is 0.337. The Balaban J connectivity index is 2.11. The molecule has 0 radical (unpaired) electrons. The van der Waals surface area contributed by atoms with Crippen LogP contribution in [0.5, 0.6) is 23.0 Å². The van der Waals surface area contributed by atoms with Gasteiger partial charge < -0.3 is 23.4 Å². The molecule has 0 N–H and O–H groups in total. The van der Waals surface area contributed by atoms with E-state index in [4.69, 9.17) is 23.4 Å². The predicted octanol–water partition coefficient (Wildman–Crippen LogP) is 7.70. The quantitative estimate of drug-likeness (QED) is 0.108. The molecule has 3 aromatic rings. The molecular formula is C31H40O7. The first-order chi connectivity index (χ1) is 18.5. The van der Waals surface area contributed by atoms with Crippen molar-refractivity contribution < 1.29 is 28.2 Å². The highest BCUT2D eigenvalue weighted by atomic mass is 16.5. The van der Waals surface area contributed by atoms with Crippen molar-refractivity contribution in [2.75, 3.05) is 19.8 Å². The Hall–Kier alpha value is -3.48. The predicted molar refractivity (Wildman–Crippen MR) is 150 cm³/mol. The van der Waals surface area contributed by atoms with E-state index in [0.29, 0.717) is 72.2 Å². The van der Waals surface area contributed by atoms with Crippen LogP contribution in [-0.4, -0.2) is 25.8 Å². The van der Waals surface area contributed by atoms with E-state index < -0.39 is 0 Å². The monoisotopic (exact) mass is 524 g/mol. The molecule has 0 fully saturated rings. The summed E-state index contributed by atoms with van der Waals surface area (Å²) in [7, 11) is 0. The molecule has 0 aliphatic heterocycles. The zero-order valence-corrected chi connectivity index (χ0v) is 23.1. The molecule has 1 heterocycles. The van der Waals surface area contributed by atoms with Gasteiger partial charge >= 0.3 is 5.97 Å². The first-order valence-corrected chi connectivity index (χ1v) is 13.9. The van der Waals surface area contributed by atoms with Gasteiger partial charge in [0.05, 0.1) is 19.8 Å². The summed E-state index contributed by atoms with van der Waals surface area (Å²) >= 11 is 0. The number of fused-ring (bicyclic) bond motifs is 1. The fraction of sp³-hybridized carbons (Fsp3) is 0.484. The molecule has 7 heteroatoms. The van der Waals surface area contributed by atoms with E-state index >= 15 is 0 Å². The Morgan fingerprint density at radius 2 is 1.39 bits per heavy atom. The Kier molecular flexibility index (Phi) is 11.5. The topological polar surface area (TPSA) is 84.2 Å². The summed E-state index contributed by atoms with van der Waals surface area (Å²) in [5.41, 5.74) is 0.714. The third-order valence-electron chi connectivity index (χ3n) is 5.96. The third-order valence-corrected chi connectivity index (χ3v) is 5.96.